The normalized spacial score (nSPS) is 20.6. The Balaban J connectivity index is 1.76. The number of aryl methyl sites for hydroxylation is 1. The third-order valence-corrected chi connectivity index (χ3v) is 5.96. The number of nitrogens with zero attached hydrogens (tertiary/aromatic N) is 5. The van der Waals surface area contributed by atoms with Crippen molar-refractivity contribution >= 4 is 17.6 Å². The summed E-state index contributed by atoms with van der Waals surface area (Å²) in [4.78, 5) is 28.7. The number of hydrogen-bond acceptors (Lipinski definition) is 6. The van der Waals surface area contributed by atoms with Gasteiger partial charge in [0.1, 0.15) is 11.5 Å². The van der Waals surface area contributed by atoms with E-state index in [0.717, 1.165) is 0 Å². The number of amides is 3. The molecule has 1 aliphatic heterocycles. The molecular weight excluding hydrogens is 443 g/mol. The Morgan fingerprint density at radius 2 is 2.18 bits per heavy atom. The largest absolute Gasteiger partial charge is 0.394 e. The Morgan fingerprint density at radius 1 is 1.41 bits per heavy atom. The molecule has 0 saturated heterocycles. The Labute approximate surface area is 198 Å². The lowest BCUT2D eigenvalue weighted by atomic mass is 10.0. The third kappa shape index (κ3) is 6.73. The summed E-state index contributed by atoms with van der Waals surface area (Å²) < 4.78 is 21.8. The van der Waals surface area contributed by atoms with Crippen molar-refractivity contribution in [2.45, 2.75) is 52.0 Å². The number of benzene rings is 1. The first kappa shape index (κ1) is 25.6. The van der Waals surface area contributed by atoms with Crippen LogP contribution in [0.1, 0.15) is 32.4 Å². The summed E-state index contributed by atoms with van der Waals surface area (Å²) in [5.74, 6) is -0.749. The van der Waals surface area contributed by atoms with Gasteiger partial charge in [-0.3, -0.25) is 9.48 Å². The molecule has 0 saturated carbocycles. The molecule has 2 bridgehead atoms. The van der Waals surface area contributed by atoms with E-state index < -0.39 is 18.0 Å². The lowest BCUT2D eigenvalue weighted by Crippen LogP contribution is -2.48. The SMILES string of the molecule is C[C@@H]1CN([C@@H](C)CO)C(=O)CCCn2cc(nn2)CO[C@H]1CN(C)C(=O)Nc1ccccc1F. The van der Waals surface area contributed by atoms with Crippen molar-refractivity contribution in [2.24, 2.45) is 5.92 Å². The van der Waals surface area contributed by atoms with Gasteiger partial charge in [-0.05, 0) is 25.5 Å². The Kier molecular flexibility index (Phi) is 8.94. The van der Waals surface area contributed by atoms with Crippen molar-refractivity contribution in [2.75, 3.05) is 32.1 Å². The minimum atomic E-state index is -0.522. The van der Waals surface area contributed by atoms with Gasteiger partial charge in [-0.1, -0.05) is 24.3 Å². The molecule has 34 heavy (non-hydrogen) atoms. The molecule has 186 valence electrons. The summed E-state index contributed by atoms with van der Waals surface area (Å²) in [7, 11) is 1.60. The van der Waals surface area contributed by atoms with E-state index in [4.69, 9.17) is 4.74 Å². The number of carbonyl (C=O) groups excluding carboxylic acids is 2. The molecule has 1 aliphatic rings. The third-order valence-electron chi connectivity index (χ3n) is 5.96. The van der Waals surface area contributed by atoms with Crippen molar-refractivity contribution in [3.63, 3.8) is 0 Å². The zero-order valence-corrected chi connectivity index (χ0v) is 19.9. The van der Waals surface area contributed by atoms with Crippen LogP contribution in [0.3, 0.4) is 0 Å². The average Bonchev–Trinajstić information content (AvgIpc) is 3.27. The van der Waals surface area contributed by atoms with E-state index in [9.17, 15) is 19.1 Å². The van der Waals surface area contributed by atoms with Crippen LogP contribution < -0.4 is 5.32 Å². The first-order valence-electron chi connectivity index (χ1n) is 11.5. The topological polar surface area (TPSA) is 113 Å². The molecule has 0 fully saturated rings. The number of aromatic nitrogens is 3. The van der Waals surface area contributed by atoms with Crippen molar-refractivity contribution in [1.82, 2.24) is 24.8 Å². The molecule has 2 N–H and O–H groups in total. The zero-order chi connectivity index (χ0) is 24.7. The summed E-state index contributed by atoms with van der Waals surface area (Å²) in [5.41, 5.74) is 0.746. The molecule has 3 atom stereocenters. The molecule has 1 aromatic heterocycles. The minimum absolute atomic E-state index is 0.0580. The van der Waals surface area contributed by atoms with Crippen LogP contribution in [0.2, 0.25) is 0 Å². The standard InChI is InChI=1S/C23H33FN6O4/c1-16-11-30(17(2)14-31)22(32)9-6-10-29-12-18(26-27-29)15-34-21(16)13-28(3)23(33)25-20-8-5-4-7-19(20)24/h4-5,7-8,12,16-17,21,31H,6,9-11,13-15H2,1-3H3,(H,25,33)/t16-,17+,21+/m1/s1. The number of para-hydroxylation sites is 1. The second kappa shape index (κ2) is 11.9. The molecule has 0 aliphatic carbocycles. The van der Waals surface area contributed by atoms with Gasteiger partial charge in [-0.15, -0.1) is 5.10 Å². The number of ether oxygens (including phenoxy) is 1. The quantitative estimate of drug-likeness (QED) is 0.684. The fourth-order valence-corrected chi connectivity index (χ4v) is 3.82. The van der Waals surface area contributed by atoms with E-state index in [1.807, 2.05) is 6.92 Å². The summed E-state index contributed by atoms with van der Waals surface area (Å²) in [6, 6.07) is 5.13. The van der Waals surface area contributed by atoms with E-state index in [1.54, 1.807) is 41.9 Å². The first-order valence-corrected chi connectivity index (χ1v) is 11.5. The maximum absolute atomic E-state index is 14.0. The van der Waals surface area contributed by atoms with Gasteiger partial charge in [0.15, 0.2) is 0 Å². The van der Waals surface area contributed by atoms with Crippen LogP contribution in [-0.2, 0) is 22.7 Å². The molecule has 0 radical (unpaired) electrons. The van der Waals surface area contributed by atoms with Gasteiger partial charge in [0.2, 0.25) is 5.91 Å². The van der Waals surface area contributed by atoms with Crippen LogP contribution in [0, 0.1) is 11.7 Å². The first-order chi connectivity index (χ1) is 16.3. The number of aliphatic hydroxyl groups is 1. The van der Waals surface area contributed by atoms with Crippen LogP contribution >= 0.6 is 0 Å². The fraction of sp³-hybridized carbons (Fsp3) is 0.565. The van der Waals surface area contributed by atoms with Gasteiger partial charge in [-0.25, -0.2) is 9.18 Å². The predicted molar refractivity (Wildman–Crippen MR) is 123 cm³/mol. The van der Waals surface area contributed by atoms with Gasteiger partial charge < -0.3 is 25.0 Å². The number of nitrogens with one attached hydrogen (secondary N) is 1. The highest BCUT2D eigenvalue weighted by atomic mass is 19.1. The van der Waals surface area contributed by atoms with Crippen molar-refractivity contribution in [3.05, 3.63) is 42.0 Å². The number of likely N-dealkylation sites (N-methyl/N-ethyl adjacent to an activating group) is 1. The highest BCUT2D eigenvalue weighted by molar-refractivity contribution is 5.89. The Morgan fingerprint density at radius 3 is 2.91 bits per heavy atom. The number of carbonyl (C=O) groups is 2. The molecule has 0 spiro atoms. The number of anilines is 1. The lowest BCUT2D eigenvalue weighted by molar-refractivity contribution is -0.136. The summed E-state index contributed by atoms with van der Waals surface area (Å²) in [5, 5.41) is 20.5. The molecule has 0 unspecified atom stereocenters. The summed E-state index contributed by atoms with van der Waals surface area (Å²) in [6.45, 7) is 4.90. The second-order valence-corrected chi connectivity index (χ2v) is 8.77. The monoisotopic (exact) mass is 476 g/mol. The average molecular weight is 477 g/mol. The molecule has 11 heteroatoms. The van der Waals surface area contributed by atoms with Crippen LogP contribution in [-0.4, -0.2) is 80.7 Å². The maximum Gasteiger partial charge on any atom is 0.321 e. The smallest absolute Gasteiger partial charge is 0.321 e. The van der Waals surface area contributed by atoms with Crippen LogP contribution in [0.4, 0.5) is 14.9 Å². The summed E-state index contributed by atoms with van der Waals surface area (Å²) in [6.07, 6.45) is 2.26. The van der Waals surface area contributed by atoms with Crippen LogP contribution in [0.5, 0.6) is 0 Å². The molecule has 3 amide bonds. The molecular formula is C23H33FN6O4. The van der Waals surface area contributed by atoms with Gasteiger partial charge in [0.05, 0.1) is 37.2 Å². The highest BCUT2D eigenvalue weighted by Gasteiger charge is 2.29. The molecule has 2 heterocycles. The van der Waals surface area contributed by atoms with Crippen LogP contribution in [0.15, 0.2) is 30.5 Å². The number of fused-ring (bicyclic) bond motifs is 2. The molecule has 1 aromatic carbocycles. The zero-order valence-electron chi connectivity index (χ0n) is 19.9. The van der Waals surface area contributed by atoms with E-state index in [1.165, 1.54) is 17.0 Å². The van der Waals surface area contributed by atoms with Gasteiger partial charge in [0.25, 0.3) is 0 Å². The number of hydrogen-bond donors (Lipinski definition) is 2. The molecule has 3 rings (SSSR count). The van der Waals surface area contributed by atoms with Gasteiger partial charge in [0, 0.05) is 39.0 Å². The number of aliphatic hydroxyl groups excluding tert-OH is 1. The number of urea groups is 1. The van der Waals surface area contributed by atoms with E-state index >= 15 is 0 Å². The van der Waals surface area contributed by atoms with Gasteiger partial charge >= 0.3 is 6.03 Å². The van der Waals surface area contributed by atoms with Crippen molar-refractivity contribution < 1.29 is 23.8 Å². The molecule has 10 nitrogen and oxygen atoms in total. The second-order valence-electron chi connectivity index (χ2n) is 8.77. The Hall–Kier alpha value is -3.05. The number of rotatable bonds is 5. The predicted octanol–water partition coefficient (Wildman–Crippen LogP) is 2.11. The maximum atomic E-state index is 14.0. The van der Waals surface area contributed by atoms with E-state index in [2.05, 4.69) is 15.6 Å². The number of halogens is 1. The van der Waals surface area contributed by atoms with E-state index in [-0.39, 0.29) is 43.3 Å². The fourth-order valence-electron chi connectivity index (χ4n) is 3.82. The highest BCUT2D eigenvalue weighted by Crippen LogP contribution is 2.18. The van der Waals surface area contributed by atoms with E-state index in [0.29, 0.717) is 31.6 Å². The van der Waals surface area contributed by atoms with Crippen molar-refractivity contribution in [3.8, 4) is 0 Å². The Bertz CT molecular complexity index is 970. The van der Waals surface area contributed by atoms with Crippen LogP contribution in [0.25, 0.3) is 0 Å². The minimum Gasteiger partial charge on any atom is -0.394 e. The molecule has 2 aromatic rings. The lowest BCUT2D eigenvalue weighted by Gasteiger charge is -2.35. The summed E-state index contributed by atoms with van der Waals surface area (Å²) >= 11 is 0. The van der Waals surface area contributed by atoms with Crippen molar-refractivity contribution in [1.29, 1.82) is 0 Å². The van der Waals surface area contributed by atoms with Gasteiger partial charge in [-0.2, -0.15) is 0 Å².